The summed E-state index contributed by atoms with van der Waals surface area (Å²) in [5.74, 6) is 1.31. The van der Waals surface area contributed by atoms with E-state index in [1.54, 1.807) is 12.1 Å². The van der Waals surface area contributed by atoms with Crippen LogP contribution in [0.2, 0.25) is 0 Å². The number of hydrogen-bond donors (Lipinski definition) is 1. The Hall–Kier alpha value is -1.13. The maximum atomic E-state index is 13.3. The van der Waals surface area contributed by atoms with E-state index in [-0.39, 0.29) is 11.9 Å². The van der Waals surface area contributed by atoms with Crippen LogP contribution in [-0.4, -0.2) is 42.7 Å². The molecule has 21 heavy (non-hydrogen) atoms. The highest BCUT2D eigenvalue weighted by atomic mass is 19.1. The van der Waals surface area contributed by atoms with E-state index in [1.807, 2.05) is 0 Å². The second kappa shape index (κ2) is 5.93. The Kier molecular flexibility index (Phi) is 4.18. The first-order valence-corrected chi connectivity index (χ1v) is 7.95. The quantitative estimate of drug-likeness (QED) is 0.926. The summed E-state index contributed by atoms with van der Waals surface area (Å²) in [7, 11) is 0. The van der Waals surface area contributed by atoms with Gasteiger partial charge in [0.2, 0.25) is 0 Å². The molecule has 116 valence electrons. The molecule has 0 amide bonds. The minimum absolute atomic E-state index is 0.148. The van der Waals surface area contributed by atoms with E-state index in [4.69, 9.17) is 4.74 Å². The number of rotatable bonds is 3. The average molecular weight is 292 g/mol. The molecule has 0 bridgehead atoms. The fourth-order valence-corrected chi connectivity index (χ4v) is 3.30. The molecule has 1 fully saturated rings. The van der Waals surface area contributed by atoms with E-state index in [0.717, 1.165) is 37.4 Å². The van der Waals surface area contributed by atoms with E-state index < -0.39 is 0 Å². The molecule has 1 N–H and O–H groups in total. The summed E-state index contributed by atoms with van der Waals surface area (Å²) in [4.78, 5) is 2.51. The number of ether oxygens (including phenoxy) is 1. The van der Waals surface area contributed by atoms with Gasteiger partial charge in [-0.2, -0.15) is 0 Å². The third-order valence-electron chi connectivity index (χ3n) is 4.74. The lowest BCUT2D eigenvalue weighted by molar-refractivity contribution is 0.0777. The van der Waals surface area contributed by atoms with Crippen molar-refractivity contribution in [3.8, 4) is 5.75 Å². The highest BCUT2D eigenvalue weighted by Gasteiger charge is 2.31. The van der Waals surface area contributed by atoms with Crippen LogP contribution in [0.5, 0.6) is 5.75 Å². The van der Waals surface area contributed by atoms with Crippen LogP contribution >= 0.6 is 0 Å². The van der Waals surface area contributed by atoms with Crippen molar-refractivity contribution >= 4 is 0 Å². The summed E-state index contributed by atoms with van der Waals surface area (Å²) in [5, 5.41) is 3.62. The summed E-state index contributed by atoms with van der Waals surface area (Å²) < 4.78 is 19.3. The predicted octanol–water partition coefficient (Wildman–Crippen LogP) is 2.45. The molecule has 2 aliphatic rings. The monoisotopic (exact) mass is 292 g/mol. The van der Waals surface area contributed by atoms with Crippen molar-refractivity contribution in [1.82, 2.24) is 10.2 Å². The highest BCUT2D eigenvalue weighted by molar-refractivity contribution is 5.37. The van der Waals surface area contributed by atoms with Crippen LogP contribution in [0.3, 0.4) is 0 Å². The molecule has 0 aromatic heterocycles. The maximum absolute atomic E-state index is 13.3. The van der Waals surface area contributed by atoms with Crippen molar-refractivity contribution in [3.05, 3.63) is 29.6 Å². The average Bonchev–Trinajstić information content (AvgIpc) is 2.82. The zero-order valence-electron chi connectivity index (χ0n) is 13.1. The van der Waals surface area contributed by atoms with E-state index in [9.17, 15) is 4.39 Å². The molecule has 2 heterocycles. The minimum Gasteiger partial charge on any atom is -0.488 e. The second-order valence-electron chi connectivity index (χ2n) is 6.76. The van der Waals surface area contributed by atoms with E-state index in [1.165, 1.54) is 6.07 Å². The predicted molar refractivity (Wildman–Crippen MR) is 82.2 cm³/mol. The molecule has 1 aromatic rings. The molecular weight excluding hydrogens is 267 g/mol. The molecule has 4 heteroatoms. The van der Waals surface area contributed by atoms with E-state index >= 15 is 0 Å². The molecule has 3 unspecified atom stereocenters. The Morgan fingerprint density at radius 3 is 3.00 bits per heavy atom. The number of hydrogen-bond acceptors (Lipinski definition) is 3. The molecule has 0 saturated carbocycles. The Bertz CT molecular complexity index is 506. The number of nitrogens with one attached hydrogen (secondary N) is 1. The lowest BCUT2D eigenvalue weighted by Crippen LogP contribution is -2.58. The zero-order chi connectivity index (χ0) is 15.0. The van der Waals surface area contributed by atoms with Crippen LogP contribution in [-0.2, 0) is 6.42 Å². The van der Waals surface area contributed by atoms with Gasteiger partial charge in [0.15, 0.2) is 0 Å². The van der Waals surface area contributed by atoms with Gasteiger partial charge >= 0.3 is 0 Å². The van der Waals surface area contributed by atoms with Gasteiger partial charge < -0.3 is 10.1 Å². The summed E-state index contributed by atoms with van der Waals surface area (Å²) in [6.07, 6.45) is 0.964. The smallest absolute Gasteiger partial charge is 0.123 e. The molecule has 1 aromatic carbocycles. The van der Waals surface area contributed by atoms with Gasteiger partial charge in [-0.05, 0) is 31.0 Å². The SMILES string of the molecule is CC(C)C1CN(CC2Cc3cc(F)ccc3O2)C(C)CN1. The Morgan fingerprint density at radius 2 is 2.24 bits per heavy atom. The van der Waals surface area contributed by atoms with E-state index in [2.05, 4.69) is 31.0 Å². The minimum atomic E-state index is -0.173. The molecule has 1 saturated heterocycles. The van der Waals surface area contributed by atoms with Gasteiger partial charge in [-0.3, -0.25) is 4.90 Å². The Balaban J connectivity index is 1.62. The second-order valence-corrected chi connectivity index (χ2v) is 6.76. The van der Waals surface area contributed by atoms with Crippen molar-refractivity contribution in [2.24, 2.45) is 5.92 Å². The van der Waals surface area contributed by atoms with Crippen molar-refractivity contribution in [1.29, 1.82) is 0 Å². The van der Waals surface area contributed by atoms with Crippen LogP contribution in [0.1, 0.15) is 26.3 Å². The topological polar surface area (TPSA) is 24.5 Å². The van der Waals surface area contributed by atoms with Gasteiger partial charge in [-0.15, -0.1) is 0 Å². The fourth-order valence-electron chi connectivity index (χ4n) is 3.30. The van der Waals surface area contributed by atoms with Gasteiger partial charge in [0.05, 0.1) is 0 Å². The van der Waals surface area contributed by atoms with Crippen LogP contribution < -0.4 is 10.1 Å². The lowest BCUT2D eigenvalue weighted by atomic mass is 9.99. The number of piperazine rings is 1. The first-order valence-electron chi connectivity index (χ1n) is 7.95. The van der Waals surface area contributed by atoms with Crippen molar-refractivity contribution in [2.45, 2.75) is 45.4 Å². The summed E-state index contributed by atoms with van der Waals surface area (Å²) in [6, 6.07) is 5.89. The molecule has 2 aliphatic heterocycles. The third kappa shape index (κ3) is 3.22. The number of nitrogens with zero attached hydrogens (tertiary/aromatic N) is 1. The van der Waals surface area contributed by atoms with Crippen LogP contribution in [0, 0.1) is 11.7 Å². The van der Waals surface area contributed by atoms with Gasteiger partial charge in [0.25, 0.3) is 0 Å². The van der Waals surface area contributed by atoms with Crippen molar-refractivity contribution in [3.63, 3.8) is 0 Å². The van der Waals surface area contributed by atoms with Crippen LogP contribution in [0.15, 0.2) is 18.2 Å². The lowest BCUT2D eigenvalue weighted by Gasteiger charge is -2.41. The van der Waals surface area contributed by atoms with E-state index in [0.29, 0.717) is 18.0 Å². The molecular formula is C17H25FN2O. The van der Waals surface area contributed by atoms with Gasteiger partial charge in [-0.25, -0.2) is 4.39 Å². The third-order valence-corrected chi connectivity index (χ3v) is 4.74. The number of fused-ring (bicyclic) bond motifs is 1. The first-order chi connectivity index (χ1) is 10.0. The van der Waals surface area contributed by atoms with Gasteiger partial charge in [0, 0.05) is 43.7 Å². The largest absolute Gasteiger partial charge is 0.488 e. The number of halogens is 1. The standard InChI is InChI=1S/C17H25FN2O/c1-11(2)16-10-20(12(3)8-19-16)9-15-7-13-6-14(18)4-5-17(13)21-15/h4-6,11-12,15-16,19H,7-10H2,1-3H3. The fraction of sp³-hybridized carbons (Fsp3) is 0.647. The molecule has 0 spiro atoms. The summed E-state index contributed by atoms with van der Waals surface area (Å²) >= 11 is 0. The van der Waals surface area contributed by atoms with Gasteiger partial charge in [0.1, 0.15) is 17.7 Å². The Morgan fingerprint density at radius 1 is 1.43 bits per heavy atom. The summed E-state index contributed by atoms with van der Waals surface area (Å²) in [6.45, 7) is 9.78. The van der Waals surface area contributed by atoms with Crippen LogP contribution in [0.25, 0.3) is 0 Å². The molecule has 3 rings (SSSR count). The molecule has 0 aliphatic carbocycles. The molecule has 3 nitrogen and oxygen atoms in total. The Labute approximate surface area is 126 Å². The van der Waals surface area contributed by atoms with Crippen molar-refractivity contribution in [2.75, 3.05) is 19.6 Å². The van der Waals surface area contributed by atoms with Gasteiger partial charge in [-0.1, -0.05) is 13.8 Å². The van der Waals surface area contributed by atoms with Crippen LogP contribution in [0.4, 0.5) is 4.39 Å². The molecule has 0 radical (unpaired) electrons. The molecule has 3 atom stereocenters. The maximum Gasteiger partial charge on any atom is 0.123 e. The number of benzene rings is 1. The van der Waals surface area contributed by atoms with Crippen molar-refractivity contribution < 1.29 is 9.13 Å². The first kappa shape index (κ1) is 14.8. The normalized spacial score (nSPS) is 29.5. The summed E-state index contributed by atoms with van der Waals surface area (Å²) in [5.41, 5.74) is 1.00. The zero-order valence-corrected chi connectivity index (χ0v) is 13.1. The highest BCUT2D eigenvalue weighted by Crippen LogP contribution is 2.30.